The van der Waals surface area contributed by atoms with Crippen LogP contribution in [0, 0.1) is 5.92 Å². The van der Waals surface area contributed by atoms with Gasteiger partial charge in [-0.05, 0) is 37.0 Å². The maximum absolute atomic E-state index is 12.5. The quantitative estimate of drug-likeness (QED) is 0.885. The van der Waals surface area contributed by atoms with Crippen molar-refractivity contribution in [2.24, 2.45) is 11.7 Å². The number of anilines is 2. The maximum atomic E-state index is 12.5. The Labute approximate surface area is 141 Å². The number of carbonyl (C=O) groups excluding carboxylic acids is 2. The van der Waals surface area contributed by atoms with Crippen LogP contribution in [-0.2, 0) is 4.79 Å². The summed E-state index contributed by atoms with van der Waals surface area (Å²) in [6.45, 7) is 1.23. The van der Waals surface area contributed by atoms with Gasteiger partial charge in [0.15, 0.2) is 0 Å². The second-order valence-electron chi connectivity index (χ2n) is 6.11. The average Bonchev–Trinajstić information content (AvgIpc) is 2.46. The molecular weight excluding hydrogens is 316 g/mol. The molecular formula is C16H23ClN4O2. The molecule has 0 unspecified atom stereocenters. The molecule has 126 valence electrons. The molecule has 1 heterocycles. The van der Waals surface area contributed by atoms with Crippen LogP contribution < -0.4 is 16.0 Å². The third kappa shape index (κ3) is 4.76. The van der Waals surface area contributed by atoms with Gasteiger partial charge in [0, 0.05) is 38.6 Å². The topological polar surface area (TPSA) is 78.7 Å². The van der Waals surface area contributed by atoms with Crippen LogP contribution in [0.5, 0.6) is 0 Å². The van der Waals surface area contributed by atoms with Crippen LogP contribution in [-0.4, -0.2) is 44.0 Å². The van der Waals surface area contributed by atoms with Crippen molar-refractivity contribution in [1.29, 1.82) is 0 Å². The summed E-state index contributed by atoms with van der Waals surface area (Å²) in [5.41, 5.74) is 6.81. The number of nitrogens with zero attached hydrogens (tertiary/aromatic N) is 2. The minimum atomic E-state index is -0.318. The highest BCUT2D eigenvalue weighted by atomic mass is 35.5. The number of primary amides is 1. The van der Waals surface area contributed by atoms with E-state index in [-0.39, 0.29) is 17.9 Å². The molecule has 1 aliphatic heterocycles. The number of halogens is 1. The first-order chi connectivity index (χ1) is 10.9. The first-order valence-electron chi connectivity index (χ1n) is 7.68. The first kappa shape index (κ1) is 17.4. The Morgan fingerprint density at radius 3 is 2.83 bits per heavy atom. The third-order valence-electron chi connectivity index (χ3n) is 3.98. The Kier molecular flexibility index (Phi) is 5.71. The van der Waals surface area contributed by atoms with E-state index in [0.29, 0.717) is 30.2 Å². The summed E-state index contributed by atoms with van der Waals surface area (Å²) in [7, 11) is 3.81. The van der Waals surface area contributed by atoms with Gasteiger partial charge in [-0.1, -0.05) is 11.6 Å². The molecule has 2 rings (SSSR count). The van der Waals surface area contributed by atoms with Crippen molar-refractivity contribution < 1.29 is 9.59 Å². The third-order valence-corrected chi connectivity index (χ3v) is 4.21. The number of nitrogens with two attached hydrogens (primary N) is 1. The lowest BCUT2D eigenvalue weighted by atomic mass is 9.95. The highest BCUT2D eigenvalue weighted by Gasteiger charge is 2.25. The van der Waals surface area contributed by atoms with E-state index in [1.165, 1.54) is 0 Å². The summed E-state index contributed by atoms with van der Waals surface area (Å²) in [6.07, 6.45) is 2.12. The maximum Gasteiger partial charge on any atom is 0.321 e. The highest BCUT2D eigenvalue weighted by molar-refractivity contribution is 6.31. The number of hydrogen-bond donors (Lipinski definition) is 2. The van der Waals surface area contributed by atoms with Crippen LogP contribution in [0.1, 0.15) is 19.3 Å². The summed E-state index contributed by atoms with van der Waals surface area (Å²) in [5.74, 6) is -0.179. The van der Waals surface area contributed by atoms with Gasteiger partial charge >= 0.3 is 6.03 Å². The Hall–Kier alpha value is -1.95. The van der Waals surface area contributed by atoms with E-state index in [2.05, 4.69) is 5.32 Å². The molecule has 0 bridgehead atoms. The normalized spacial score (nSPS) is 17.7. The van der Waals surface area contributed by atoms with E-state index < -0.39 is 0 Å². The molecule has 0 aliphatic carbocycles. The molecule has 0 saturated carbocycles. The molecule has 0 radical (unpaired) electrons. The fraction of sp³-hybridized carbons (Fsp3) is 0.500. The molecule has 1 fully saturated rings. The van der Waals surface area contributed by atoms with Crippen molar-refractivity contribution in [2.75, 3.05) is 37.4 Å². The molecule has 1 aromatic rings. The molecule has 7 heteroatoms. The van der Waals surface area contributed by atoms with Gasteiger partial charge in [0.2, 0.25) is 5.91 Å². The fourth-order valence-electron chi connectivity index (χ4n) is 2.89. The van der Waals surface area contributed by atoms with Crippen LogP contribution in [0.3, 0.4) is 0 Å². The monoisotopic (exact) mass is 338 g/mol. The van der Waals surface area contributed by atoms with Gasteiger partial charge in [-0.25, -0.2) is 4.79 Å². The van der Waals surface area contributed by atoms with E-state index in [1.807, 2.05) is 25.1 Å². The van der Waals surface area contributed by atoms with Crippen molar-refractivity contribution in [1.82, 2.24) is 4.90 Å². The lowest BCUT2D eigenvalue weighted by Crippen LogP contribution is -2.43. The van der Waals surface area contributed by atoms with Crippen LogP contribution in [0.15, 0.2) is 18.2 Å². The number of urea groups is 1. The Morgan fingerprint density at radius 1 is 1.43 bits per heavy atom. The SMILES string of the molecule is CN(C)c1ccc(Cl)cc1NC(=O)N1CCC[C@@H](CC(N)=O)C1. The predicted molar refractivity (Wildman–Crippen MR) is 92.9 cm³/mol. The average molecular weight is 339 g/mol. The number of hydrogen-bond acceptors (Lipinski definition) is 3. The van der Waals surface area contributed by atoms with Gasteiger partial charge in [-0.3, -0.25) is 4.79 Å². The van der Waals surface area contributed by atoms with Gasteiger partial charge < -0.3 is 20.9 Å². The van der Waals surface area contributed by atoms with Gasteiger partial charge in [-0.2, -0.15) is 0 Å². The van der Waals surface area contributed by atoms with Gasteiger partial charge in [0.25, 0.3) is 0 Å². The highest BCUT2D eigenvalue weighted by Crippen LogP contribution is 2.28. The van der Waals surface area contributed by atoms with Crippen LogP contribution in [0.2, 0.25) is 5.02 Å². The Balaban J connectivity index is 2.07. The van der Waals surface area contributed by atoms with Crippen LogP contribution in [0.4, 0.5) is 16.2 Å². The number of nitrogens with one attached hydrogen (secondary N) is 1. The Morgan fingerprint density at radius 2 is 2.17 bits per heavy atom. The standard InChI is InChI=1S/C16H23ClN4O2/c1-20(2)14-6-5-12(17)9-13(14)19-16(23)21-7-3-4-11(10-21)8-15(18)22/h5-6,9,11H,3-4,7-8,10H2,1-2H3,(H2,18,22)(H,19,23)/t11-/m0/s1. The number of amides is 3. The lowest BCUT2D eigenvalue weighted by molar-refractivity contribution is -0.119. The molecule has 1 aliphatic rings. The van der Waals surface area contributed by atoms with Crippen molar-refractivity contribution >= 4 is 34.9 Å². The van der Waals surface area contributed by atoms with Crippen molar-refractivity contribution in [3.05, 3.63) is 23.2 Å². The summed E-state index contributed by atoms with van der Waals surface area (Å²) >= 11 is 6.04. The summed E-state index contributed by atoms with van der Waals surface area (Å²) < 4.78 is 0. The molecule has 23 heavy (non-hydrogen) atoms. The number of rotatable bonds is 4. The Bertz CT molecular complexity index is 591. The van der Waals surface area contributed by atoms with E-state index in [0.717, 1.165) is 18.5 Å². The molecule has 0 spiro atoms. The molecule has 1 saturated heterocycles. The predicted octanol–water partition coefficient (Wildman–Crippen LogP) is 2.53. The van der Waals surface area contributed by atoms with Crippen LogP contribution >= 0.6 is 11.6 Å². The van der Waals surface area contributed by atoms with Gasteiger partial charge in [-0.15, -0.1) is 0 Å². The van der Waals surface area contributed by atoms with Crippen molar-refractivity contribution in [3.8, 4) is 0 Å². The molecule has 1 aromatic carbocycles. The fourth-order valence-corrected chi connectivity index (χ4v) is 3.07. The van der Waals surface area contributed by atoms with Crippen LogP contribution in [0.25, 0.3) is 0 Å². The molecule has 0 aromatic heterocycles. The van der Waals surface area contributed by atoms with Crippen molar-refractivity contribution in [3.63, 3.8) is 0 Å². The van der Waals surface area contributed by atoms with Gasteiger partial charge in [0.05, 0.1) is 11.4 Å². The van der Waals surface area contributed by atoms with Crippen molar-refractivity contribution in [2.45, 2.75) is 19.3 Å². The number of likely N-dealkylation sites (tertiary alicyclic amines) is 1. The number of benzene rings is 1. The number of carbonyl (C=O) groups is 2. The largest absolute Gasteiger partial charge is 0.376 e. The summed E-state index contributed by atoms with van der Waals surface area (Å²) in [5, 5.41) is 3.49. The second-order valence-corrected chi connectivity index (χ2v) is 6.55. The zero-order valence-electron chi connectivity index (χ0n) is 13.5. The summed E-state index contributed by atoms with van der Waals surface area (Å²) in [6, 6.07) is 5.21. The minimum absolute atomic E-state index is 0.139. The first-order valence-corrected chi connectivity index (χ1v) is 8.05. The summed E-state index contributed by atoms with van der Waals surface area (Å²) in [4.78, 5) is 27.2. The molecule has 1 atom stereocenters. The smallest absolute Gasteiger partial charge is 0.321 e. The number of piperidine rings is 1. The molecule has 3 amide bonds. The minimum Gasteiger partial charge on any atom is -0.376 e. The molecule has 3 N–H and O–H groups in total. The zero-order valence-corrected chi connectivity index (χ0v) is 14.3. The van der Waals surface area contributed by atoms with E-state index in [4.69, 9.17) is 17.3 Å². The van der Waals surface area contributed by atoms with Gasteiger partial charge in [0.1, 0.15) is 0 Å². The lowest BCUT2D eigenvalue weighted by Gasteiger charge is -2.32. The van der Waals surface area contributed by atoms with E-state index in [1.54, 1.807) is 17.0 Å². The second kappa shape index (κ2) is 7.55. The molecule has 6 nitrogen and oxygen atoms in total. The van der Waals surface area contributed by atoms with E-state index >= 15 is 0 Å². The van der Waals surface area contributed by atoms with E-state index in [9.17, 15) is 9.59 Å². The zero-order chi connectivity index (χ0) is 17.0.